The first-order valence-electron chi connectivity index (χ1n) is 9.73. The number of amides is 1. The molecule has 0 spiro atoms. The average Bonchev–Trinajstić information content (AvgIpc) is 3.13. The highest BCUT2D eigenvalue weighted by molar-refractivity contribution is 5.92. The Balaban J connectivity index is 1.43. The number of piperidine rings is 1. The highest BCUT2D eigenvalue weighted by atomic mass is 16.5. The van der Waals surface area contributed by atoms with Crippen molar-refractivity contribution >= 4 is 5.91 Å². The van der Waals surface area contributed by atoms with E-state index in [1.54, 1.807) is 0 Å². The summed E-state index contributed by atoms with van der Waals surface area (Å²) in [4.78, 5) is 21.8. The van der Waals surface area contributed by atoms with E-state index in [0.29, 0.717) is 37.9 Å². The van der Waals surface area contributed by atoms with Crippen LogP contribution >= 0.6 is 0 Å². The van der Waals surface area contributed by atoms with Crippen molar-refractivity contribution in [2.75, 3.05) is 39.4 Å². The number of morpholine rings is 1. The second-order valence-corrected chi connectivity index (χ2v) is 7.45. The molecule has 4 rings (SSSR count). The van der Waals surface area contributed by atoms with E-state index in [1.165, 1.54) is 5.56 Å². The SMILES string of the molecule is Cn1cc(CN2CCC[C@H](c3cccc(C(=O)N4CCOCC4)n3)C2)cn1. The number of carbonyl (C=O) groups excluding carboxylic acids is 1. The van der Waals surface area contributed by atoms with Crippen LogP contribution in [-0.2, 0) is 18.3 Å². The topological polar surface area (TPSA) is 63.5 Å². The standard InChI is InChI=1S/C20H27N5O2/c1-23-13-16(12-21-23)14-24-7-3-4-17(15-24)18-5-2-6-19(22-18)20(26)25-8-10-27-11-9-25/h2,5-6,12-13,17H,3-4,7-11,14-15H2,1H3/t17-/m0/s1. The van der Waals surface area contributed by atoms with Gasteiger partial charge in [-0.1, -0.05) is 6.07 Å². The summed E-state index contributed by atoms with van der Waals surface area (Å²) in [5.41, 5.74) is 2.83. The highest BCUT2D eigenvalue weighted by Crippen LogP contribution is 2.27. The number of pyridine rings is 1. The number of hydrogen-bond donors (Lipinski definition) is 0. The number of nitrogens with zero attached hydrogens (tertiary/aromatic N) is 5. The first kappa shape index (κ1) is 18.1. The molecule has 144 valence electrons. The third kappa shape index (κ3) is 4.36. The molecule has 0 N–H and O–H groups in total. The minimum Gasteiger partial charge on any atom is -0.378 e. The average molecular weight is 369 g/mol. The maximum Gasteiger partial charge on any atom is 0.272 e. The van der Waals surface area contributed by atoms with Crippen LogP contribution in [-0.4, -0.2) is 69.9 Å². The molecule has 0 bridgehead atoms. The largest absolute Gasteiger partial charge is 0.378 e. The summed E-state index contributed by atoms with van der Waals surface area (Å²) >= 11 is 0. The van der Waals surface area contributed by atoms with Crippen molar-refractivity contribution in [1.82, 2.24) is 24.6 Å². The van der Waals surface area contributed by atoms with Gasteiger partial charge in [0, 0.05) is 56.6 Å². The van der Waals surface area contributed by atoms with Crippen molar-refractivity contribution in [3.8, 4) is 0 Å². The predicted octanol–water partition coefficient (Wildman–Crippen LogP) is 1.67. The summed E-state index contributed by atoms with van der Waals surface area (Å²) in [6.45, 7) is 5.49. The van der Waals surface area contributed by atoms with E-state index in [9.17, 15) is 4.79 Å². The molecule has 2 saturated heterocycles. The first-order chi connectivity index (χ1) is 13.2. The summed E-state index contributed by atoms with van der Waals surface area (Å²) in [5, 5.41) is 4.26. The van der Waals surface area contributed by atoms with Crippen LogP contribution in [0.1, 0.15) is 40.5 Å². The van der Waals surface area contributed by atoms with Crippen LogP contribution in [0.3, 0.4) is 0 Å². The van der Waals surface area contributed by atoms with Crippen LogP contribution in [0.25, 0.3) is 0 Å². The molecule has 0 saturated carbocycles. The molecule has 2 aromatic rings. The number of ether oxygens (including phenoxy) is 1. The van der Waals surface area contributed by atoms with E-state index >= 15 is 0 Å². The number of carbonyl (C=O) groups is 1. The zero-order valence-electron chi connectivity index (χ0n) is 15.9. The summed E-state index contributed by atoms with van der Waals surface area (Å²) in [6, 6.07) is 5.86. The van der Waals surface area contributed by atoms with Crippen molar-refractivity contribution in [2.24, 2.45) is 7.05 Å². The van der Waals surface area contributed by atoms with Gasteiger partial charge >= 0.3 is 0 Å². The van der Waals surface area contributed by atoms with Crippen LogP contribution in [0, 0.1) is 0 Å². The molecular weight excluding hydrogens is 342 g/mol. The van der Waals surface area contributed by atoms with Gasteiger partial charge in [0.15, 0.2) is 0 Å². The predicted molar refractivity (Wildman–Crippen MR) is 101 cm³/mol. The van der Waals surface area contributed by atoms with Gasteiger partial charge < -0.3 is 9.64 Å². The number of aryl methyl sites for hydroxylation is 1. The Morgan fingerprint density at radius 2 is 2.11 bits per heavy atom. The van der Waals surface area contributed by atoms with Crippen molar-refractivity contribution < 1.29 is 9.53 Å². The van der Waals surface area contributed by atoms with E-state index in [-0.39, 0.29) is 5.91 Å². The molecule has 0 aliphatic carbocycles. The molecular formula is C20H27N5O2. The molecule has 0 unspecified atom stereocenters. The van der Waals surface area contributed by atoms with E-state index in [2.05, 4.69) is 22.3 Å². The Morgan fingerprint density at radius 1 is 1.26 bits per heavy atom. The van der Waals surface area contributed by atoms with Crippen LogP contribution in [0.4, 0.5) is 0 Å². The number of hydrogen-bond acceptors (Lipinski definition) is 5. The number of rotatable bonds is 4. The number of likely N-dealkylation sites (tertiary alicyclic amines) is 1. The molecule has 0 aromatic carbocycles. The Hall–Kier alpha value is -2.25. The van der Waals surface area contributed by atoms with Gasteiger partial charge in [0.05, 0.1) is 19.4 Å². The molecule has 0 radical (unpaired) electrons. The molecule has 27 heavy (non-hydrogen) atoms. The maximum atomic E-state index is 12.7. The highest BCUT2D eigenvalue weighted by Gasteiger charge is 2.25. The van der Waals surface area contributed by atoms with Gasteiger partial charge in [0.25, 0.3) is 5.91 Å². The van der Waals surface area contributed by atoms with Crippen LogP contribution < -0.4 is 0 Å². The lowest BCUT2D eigenvalue weighted by molar-refractivity contribution is 0.0298. The molecule has 1 amide bonds. The molecule has 2 aromatic heterocycles. The van der Waals surface area contributed by atoms with Crippen LogP contribution in [0.2, 0.25) is 0 Å². The van der Waals surface area contributed by atoms with Gasteiger partial charge in [-0.3, -0.25) is 14.4 Å². The number of aromatic nitrogens is 3. The molecule has 7 nitrogen and oxygen atoms in total. The lowest BCUT2D eigenvalue weighted by Crippen LogP contribution is -2.41. The van der Waals surface area contributed by atoms with Crippen molar-refractivity contribution in [3.63, 3.8) is 0 Å². The van der Waals surface area contributed by atoms with Gasteiger partial charge in [-0.2, -0.15) is 5.10 Å². The third-order valence-corrected chi connectivity index (χ3v) is 5.38. The van der Waals surface area contributed by atoms with Crippen molar-refractivity contribution in [1.29, 1.82) is 0 Å². The lowest BCUT2D eigenvalue weighted by Gasteiger charge is -2.32. The Labute approximate surface area is 159 Å². The van der Waals surface area contributed by atoms with E-state index in [0.717, 1.165) is 38.2 Å². The summed E-state index contributed by atoms with van der Waals surface area (Å²) < 4.78 is 7.19. The van der Waals surface area contributed by atoms with Crippen molar-refractivity contribution in [3.05, 3.63) is 47.5 Å². The van der Waals surface area contributed by atoms with Gasteiger partial charge in [-0.15, -0.1) is 0 Å². The van der Waals surface area contributed by atoms with Gasteiger partial charge in [0.2, 0.25) is 0 Å². The fourth-order valence-electron chi connectivity index (χ4n) is 3.98. The smallest absolute Gasteiger partial charge is 0.272 e. The zero-order valence-corrected chi connectivity index (χ0v) is 15.9. The molecule has 7 heteroatoms. The monoisotopic (exact) mass is 369 g/mol. The Morgan fingerprint density at radius 3 is 2.89 bits per heavy atom. The quantitative estimate of drug-likeness (QED) is 0.820. The second kappa shape index (κ2) is 8.19. The van der Waals surface area contributed by atoms with E-state index in [1.807, 2.05) is 35.0 Å². The zero-order chi connectivity index (χ0) is 18.6. The third-order valence-electron chi connectivity index (χ3n) is 5.38. The second-order valence-electron chi connectivity index (χ2n) is 7.45. The fourth-order valence-corrected chi connectivity index (χ4v) is 3.98. The van der Waals surface area contributed by atoms with Crippen LogP contribution in [0.15, 0.2) is 30.6 Å². The maximum absolute atomic E-state index is 12.7. The van der Waals surface area contributed by atoms with Crippen LogP contribution in [0.5, 0.6) is 0 Å². The molecule has 2 fully saturated rings. The molecule has 2 aliphatic rings. The summed E-state index contributed by atoms with van der Waals surface area (Å²) in [7, 11) is 1.95. The first-order valence-corrected chi connectivity index (χ1v) is 9.73. The molecule has 2 aliphatic heterocycles. The van der Waals surface area contributed by atoms with Gasteiger partial charge in [-0.05, 0) is 31.5 Å². The molecule has 4 heterocycles. The fraction of sp³-hybridized carbons (Fsp3) is 0.550. The summed E-state index contributed by atoms with van der Waals surface area (Å²) in [5.74, 6) is 0.385. The Kier molecular flexibility index (Phi) is 5.50. The van der Waals surface area contributed by atoms with Crippen molar-refractivity contribution in [2.45, 2.75) is 25.3 Å². The normalized spacial score (nSPS) is 21.4. The minimum absolute atomic E-state index is 0.0168. The summed E-state index contributed by atoms with van der Waals surface area (Å²) in [6.07, 6.45) is 6.27. The van der Waals surface area contributed by atoms with E-state index in [4.69, 9.17) is 9.72 Å². The molecule has 1 atom stereocenters. The lowest BCUT2D eigenvalue weighted by atomic mass is 9.94. The van der Waals surface area contributed by atoms with E-state index < -0.39 is 0 Å². The van der Waals surface area contributed by atoms with Gasteiger partial charge in [-0.25, -0.2) is 4.98 Å². The minimum atomic E-state index is 0.0168. The van der Waals surface area contributed by atoms with Gasteiger partial charge in [0.1, 0.15) is 5.69 Å². The Bertz CT molecular complexity index is 784.